The van der Waals surface area contributed by atoms with Gasteiger partial charge in [0.15, 0.2) is 5.82 Å². The quantitative estimate of drug-likeness (QED) is 0.813. The molecule has 0 spiro atoms. The first-order chi connectivity index (χ1) is 12.5. The second-order valence-corrected chi connectivity index (χ2v) is 8.77. The number of nitrogens with zero attached hydrogens (tertiary/aromatic N) is 3. The Labute approximate surface area is 164 Å². The van der Waals surface area contributed by atoms with Crippen molar-refractivity contribution in [2.75, 3.05) is 26.3 Å². The van der Waals surface area contributed by atoms with Gasteiger partial charge in [0.1, 0.15) is 0 Å². The third-order valence-electron chi connectivity index (χ3n) is 5.08. The van der Waals surface area contributed by atoms with Gasteiger partial charge in [0.25, 0.3) is 5.89 Å². The smallest absolute Gasteiger partial charge is 0.257 e. The second kappa shape index (κ2) is 7.84. The fourth-order valence-corrected chi connectivity index (χ4v) is 4.89. The zero-order valence-corrected chi connectivity index (χ0v) is 16.5. The Balaban J connectivity index is 0.00000210. The van der Waals surface area contributed by atoms with Crippen molar-refractivity contribution in [3.8, 4) is 11.5 Å². The molecule has 0 unspecified atom stereocenters. The standard InChI is InChI=1S/C17H22N4O4S.ClH/c18-17(7-1-2-8-17)16-19-15(25-20-16)13-3-5-14(6-4-13)26(22,23)21-9-11-24-12-10-21;/h3-6H,1-2,7-12,18H2;1H. The maximum absolute atomic E-state index is 12.7. The maximum Gasteiger partial charge on any atom is 0.257 e. The van der Waals surface area contributed by atoms with Crippen LogP contribution in [0.5, 0.6) is 0 Å². The molecule has 2 heterocycles. The summed E-state index contributed by atoms with van der Waals surface area (Å²) in [5.74, 6) is 0.877. The van der Waals surface area contributed by atoms with E-state index in [0.29, 0.717) is 43.6 Å². The third kappa shape index (κ3) is 3.88. The van der Waals surface area contributed by atoms with Gasteiger partial charge >= 0.3 is 0 Å². The van der Waals surface area contributed by atoms with E-state index in [2.05, 4.69) is 10.1 Å². The minimum Gasteiger partial charge on any atom is -0.379 e. The summed E-state index contributed by atoms with van der Waals surface area (Å²) in [7, 11) is -3.51. The van der Waals surface area contributed by atoms with Gasteiger partial charge in [0.05, 0.1) is 23.6 Å². The lowest BCUT2D eigenvalue weighted by molar-refractivity contribution is 0.0730. The lowest BCUT2D eigenvalue weighted by atomic mass is 9.99. The summed E-state index contributed by atoms with van der Waals surface area (Å²) in [6.07, 6.45) is 3.83. The molecule has 1 aromatic carbocycles. The molecule has 1 aliphatic carbocycles. The SMILES string of the molecule is Cl.NC1(c2noc(-c3ccc(S(=O)(=O)N4CCOCC4)cc3)n2)CCCC1. The highest BCUT2D eigenvalue weighted by molar-refractivity contribution is 7.89. The van der Waals surface area contributed by atoms with Crippen molar-refractivity contribution >= 4 is 22.4 Å². The van der Waals surface area contributed by atoms with Gasteiger partial charge in [-0.25, -0.2) is 8.42 Å². The Morgan fingerprint density at radius 1 is 1.07 bits per heavy atom. The normalized spacial score (nSPS) is 20.3. The van der Waals surface area contributed by atoms with E-state index in [1.165, 1.54) is 4.31 Å². The van der Waals surface area contributed by atoms with Crippen molar-refractivity contribution in [2.45, 2.75) is 36.1 Å². The van der Waals surface area contributed by atoms with Gasteiger partial charge < -0.3 is 15.0 Å². The molecule has 1 saturated heterocycles. The van der Waals surface area contributed by atoms with Crippen LogP contribution >= 0.6 is 12.4 Å². The molecule has 0 radical (unpaired) electrons. The Hall–Kier alpha value is -1.52. The number of sulfonamides is 1. The third-order valence-corrected chi connectivity index (χ3v) is 6.99. The summed E-state index contributed by atoms with van der Waals surface area (Å²) in [6.45, 7) is 1.58. The summed E-state index contributed by atoms with van der Waals surface area (Å²) in [5, 5.41) is 4.04. The molecule has 8 nitrogen and oxygen atoms in total. The molecule has 1 aromatic heterocycles. The van der Waals surface area contributed by atoms with E-state index in [0.717, 1.165) is 25.7 Å². The summed E-state index contributed by atoms with van der Waals surface area (Å²) in [5.41, 5.74) is 6.52. The van der Waals surface area contributed by atoms with Crippen molar-refractivity contribution in [3.05, 3.63) is 30.1 Å². The van der Waals surface area contributed by atoms with E-state index < -0.39 is 15.6 Å². The highest BCUT2D eigenvalue weighted by Gasteiger charge is 2.36. The molecule has 2 fully saturated rings. The molecular weight excluding hydrogens is 392 g/mol. The van der Waals surface area contributed by atoms with Crippen molar-refractivity contribution in [1.82, 2.24) is 14.4 Å². The molecule has 27 heavy (non-hydrogen) atoms. The molecule has 1 aliphatic heterocycles. The molecule has 0 bridgehead atoms. The number of benzene rings is 1. The maximum atomic E-state index is 12.7. The molecule has 0 atom stereocenters. The molecule has 10 heteroatoms. The predicted molar refractivity (Wildman–Crippen MR) is 101 cm³/mol. The average molecular weight is 415 g/mol. The van der Waals surface area contributed by atoms with Crippen LogP contribution in [0.1, 0.15) is 31.5 Å². The topological polar surface area (TPSA) is 112 Å². The van der Waals surface area contributed by atoms with Crippen LogP contribution in [0.3, 0.4) is 0 Å². The summed E-state index contributed by atoms with van der Waals surface area (Å²) in [6, 6.07) is 6.50. The highest BCUT2D eigenvalue weighted by atomic mass is 35.5. The van der Waals surface area contributed by atoms with Crippen LogP contribution in [0, 0.1) is 0 Å². The molecular formula is C17H23ClN4O4S. The number of halogens is 1. The van der Waals surface area contributed by atoms with Gasteiger partial charge in [0.2, 0.25) is 10.0 Å². The molecule has 2 aliphatic rings. The van der Waals surface area contributed by atoms with E-state index in [4.69, 9.17) is 15.0 Å². The van der Waals surface area contributed by atoms with Gasteiger partial charge in [0, 0.05) is 18.7 Å². The van der Waals surface area contributed by atoms with Crippen LogP contribution in [0.15, 0.2) is 33.7 Å². The van der Waals surface area contributed by atoms with Gasteiger partial charge in [-0.1, -0.05) is 18.0 Å². The van der Waals surface area contributed by atoms with Crippen LogP contribution in [-0.4, -0.2) is 49.2 Å². The number of ether oxygens (including phenoxy) is 1. The van der Waals surface area contributed by atoms with E-state index >= 15 is 0 Å². The highest BCUT2D eigenvalue weighted by Crippen LogP contribution is 2.35. The summed E-state index contributed by atoms with van der Waals surface area (Å²) < 4.78 is 37.3. The molecule has 2 aromatic rings. The van der Waals surface area contributed by atoms with Crippen molar-refractivity contribution in [1.29, 1.82) is 0 Å². The number of morpholine rings is 1. The summed E-state index contributed by atoms with van der Waals surface area (Å²) >= 11 is 0. The van der Waals surface area contributed by atoms with Crippen LogP contribution in [0.4, 0.5) is 0 Å². The number of hydrogen-bond donors (Lipinski definition) is 1. The van der Waals surface area contributed by atoms with E-state index in [1.807, 2.05) is 0 Å². The molecule has 0 amide bonds. The largest absolute Gasteiger partial charge is 0.379 e. The second-order valence-electron chi connectivity index (χ2n) is 6.83. The number of aromatic nitrogens is 2. The average Bonchev–Trinajstić information content (AvgIpc) is 3.33. The number of nitrogens with two attached hydrogens (primary N) is 1. The van der Waals surface area contributed by atoms with Crippen LogP contribution in [0.2, 0.25) is 0 Å². The van der Waals surface area contributed by atoms with Crippen LogP contribution in [-0.2, 0) is 20.3 Å². The van der Waals surface area contributed by atoms with Gasteiger partial charge in [-0.2, -0.15) is 9.29 Å². The Kier molecular flexibility index (Phi) is 5.87. The summed E-state index contributed by atoms with van der Waals surface area (Å²) in [4.78, 5) is 4.68. The zero-order valence-electron chi connectivity index (χ0n) is 14.8. The first-order valence-corrected chi connectivity index (χ1v) is 10.2. The van der Waals surface area contributed by atoms with Gasteiger partial charge in [-0.3, -0.25) is 0 Å². The number of rotatable bonds is 4. The van der Waals surface area contributed by atoms with E-state index in [1.54, 1.807) is 24.3 Å². The van der Waals surface area contributed by atoms with Gasteiger partial charge in [-0.15, -0.1) is 12.4 Å². The fourth-order valence-electron chi connectivity index (χ4n) is 3.48. The Bertz CT molecular complexity index is 873. The van der Waals surface area contributed by atoms with Crippen LogP contribution in [0.25, 0.3) is 11.5 Å². The lowest BCUT2D eigenvalue weighted by Gasteiger charge is -2.26. The minimum absolute atomic E-state index is 0. The minimum atomic E-state index is -3.51. The lowest BCUT2D eigenvalue weighted by Crippen LogP contribution is -2.40. The molecule has 4 rings (SSSR count). The molecule has 2 N–H and O–H groups in total. The monoisotopic (exact) mass is 414 g/mol. The first-order valence-electron chi connectivity index (χ1n) is 8.80. The van der Waals surface area contributed by atoms with E-state index in [9.17, 15) is 8.42 Å². The number of hydrogen-bond acceptors (Lipinski definition) is 7. The first kappa shape index (κ1) is 20.2. The Morgan fingerprint density at radius 3 is 2.33 bits per heavy atom. The van der Waals surface area contributed by atoms with Crippen LogP contribution < -0.4 is 5.73 Å². The fraction of sp³-hybridized carbons (Fsp3) is 0.529. The predicted octanol–water partition coefficient (Wildman–Crippen LogP) is 1.91. The Morgan fingerprint density at radius 2 is 1.70 bits per heavy atom. The molecule has 148 valence electrons. The van der Waals surface area contributed by atoms with Gasteiger partial charge in [-0.05, 0) is 37.1 Å². The van der Waals surface area contributed by atoms with Crippen molar-refractivity contribution in [2.24, 2.45) is 5.73 Å². The van der Waals surface area contributed by atoms with E-state index in [-0.39, 0.29) is 17.3 Å². The molecule has 1 saturated carbocycles. The van der Waals surface area contributed by atoms with Crippen molar-refractivity contribution in [3.63, 3.8) is 0 Å². The zero-order chi connectivity index (χ0) is 18.2. The van der Waals surface area contributed by atoms with Crippen molar-refractivity contribution < 1.29 is 17.7 Å².